The maximum atomic E-state index is 10.6. The Bertz CT molecular complexity index is 646. The molecule has 1 N–H and O–H groups in total. The highest BCUT2D eigenvalue weighted by molar-refractivity contribution is 6.30. The second kappa shape index (κ2) is 8.56. The Labute approximate surface area is 141 Å². The molecule has 0 atom stereocenters. The predicted octanol–water partition coefficient (Wildman–Crippen LogP) is 3.33. The van der Waals surface area contributed by atoms with Crippen LogP contribution in [-0.4, -0.2) is 42.7 Å². The van der Waals surface area contributed by atoms with Crippen molar-refractivity contribution in [3.05, 3.63) is 64.7 Å². The van der Waals surface area contributed by atoms with Gasteiger partial charge in [0.2, 0.25) is 0 Å². The molecule has 2 rings (SSSR count). The number of carboxylic acid groups (broad SMARTS) is 1. The molecule has 23 heavy (non-hydrogen) atoms. The van der Waals surface area contributed by atoms with Crippen molar-refractivity contribution in [3.8, 4) is 5.75 Å². The number of carbonyl (C=O) groups is 1. The summed E-state index contributed by atoms with van der Waals surface area (Å²) in [7, 11) is 1.75. The van der Waals surface area contributed by atoms with Crippen LogP contribution in [0.3, 0.4) is 0 Å². The van der Waals surface area contributed by atoms with Crippen LogP contribution in [0.2, 0.25) is 5.02 Å². The summed E-state index contributed by atoms with van der Waals surface area (Å²) in [4.78, 5) is 12.3. The maximum Gasteiger partial charge on any atom is 0.317 e. The van der Waals surface area contributed by atoms with Crippen molar-refractivity contribution < 1.29 is 14.6 Å². The molecule has 0 aliphatic rings. The van der Waals surface area contributed by atoms with Crippen molar-refractivity contribution in [2.45, 2.75) is 6.42 Å². The fourth-order valence-electron chi connectivity index (χ4n) is 2.26. The Balaban J connectivity index is 1.99. The molecule has 0 saturated heterocycles. The fourth-order valence-corrected chi connectivity index (χ4v) is 2.46. The van der Waals surface area contributed by atoms with Crippen LogP contribution in [0.5, 0.6) is 5.75 Å². The molecule has 122 valence electrons. The highest BCUT2D eigenvalue weighted by Crippen LogP contribution is 2.25. The van der Waals surface area contributed by atoms with Crippen molar-refractivity contribution in [3.63, 3.8) is 0 Å². The predicted molar refractivity (Wildman–Crippen MR) is 91.3 cm³/mol. The van der Waals surface area contributed by atoms with E-state index < -0.39 is 5.97 Å². The number of halogens is 1. The molecule has 0 amide bonds. The highest BCUT2D eigenvalue weighted by atomic mass is 35.5. The van der Waals surface area contributed by atoms with Gasteiger partial charge in [-0.25, -0.2) is 0 Å². The first-order valence-electron chi connectivity index (χ1n) is 7.40. The molecule has 0 aliphatic heterocycles. The molecule has 2 aromatic rings. The average Bonchev–Trinajstić information content (AvgIpc) is 2.50. The second-order valence-electron chi connectivity index (χ2n) is 5.39. The van der Waals surface area contributed by atoms with E-state index in [4.69, 9.17) is 21.4 Å². The number of hydrogen-bond acceptors (Lipinski definition) is 3. The molecule has 0 spiro atoms. The zero-order chi connectivity index (χ0) is 16.7. The normalized spacial score (nSPS) is 10.7. The van der Waals surface area contributed by atoms with Gasteiger partial charge in [0.25, 0.3) is 0 Å². The van der Waals surface area contributed by atoms with Gasteiger partial charge in [0.1, 0.15) is 12.4 Å². The molecule has 0 saturated carbocycles. The van der Waals surface area contributed by atoms with Crippen LogP contribution in [0.4, 0.5) is 0 Å². The quantitative estimate of drug-likeness (QED) is 0.805. The van der Waals surface area contributed by atoms with E-state index in [9.17, 15) is 4.79 Å². The van der Waals surface area contributed by atoms with Crippen molar-refractivity contribution in [2.75, 3.05) is 26.7 Å². The molecular weight excluding hydrogens is 314 g/mol. The summed E-state index contributed by atoms with van der Waals surface area (Å²) in [5, 5.41) is 9.41. The van der Waals surface area contributed by atoms with Crippen LogP contribution in [0.1, 0.15) is 11.1 Å². The summed E-state index contributed by atoms with van der Waals surface area (Å²) < 4.78 is 5.82. The van der Waals surface area contributed by atoms with Gasteiger partial charge in [-0.05, 0) is 36.4 Å². The molecule has 0 heterocycles. The minimum Gasteiger partial charge on any atom is -0.492 e. The fraction of sp³-hybridized carbons (Fsp3) is 0.278. The summed E-state index contributed by atoms with van der Waals surface area (Å²) in [5.74, 6) is -0.0641. The maximum absolute atomic E-state index is 10.6. The van der Waals surface area contributed by atoms with Crippen molar-refractivity contribution >= 4 is 17.6 Å². The number of aliphatic carboxylic acids is 1. The molecule has 2 aromatic carbocycles. The first-order chi connectivity index (χ1) is 11.0. The van der Waals surface area contributed by atoms with Crippen LogP contribution in [-0.2, 0) is 11.2 Å². The van der Waals surface area contributed by atoms with Gasteiger partial charge in [-0.2, -0.15) is 0 Å². The van der Waals surface area contributed by atoms with Crippen LogP contribution < -0.4 is 4.74 Å². The largest absolute Gasteiger partial charge is 0.492 e. The highest BCUT2D eigenvalue weighted by Gasteiger charge is 2.08. The van der Waals surface area contributed by atoms with Gasteiger partial charge < -0.3 is 9.84 Å². The lowest BCUT2D eigenvalue weighted by atomic mass is 10.0. The standard InChI is InChI=1S/C18H20ClNO3/c1-20(13-18(21)22)9-10-23-17-8-7-16(19)12-15(17)11-14-5-3-2-4-6-14/h2-8,12H,9-11,13H2,1H3,(H,21,22). The second-order valence-corrected chi connectivity index (χ2v) is 5.83. The lowest BCUT2D eigenvalue weighted by molar-refractivity contribution is -0.138. The van der Waals surface area contributed by atoms with Gasteiger partial charge in [-0.3, -0.25) is 9.69 Å². The third-order valence-corrected chi connectivity index (χ3v) is 3.63. The zero-order valence-electron chi connectivity index (χ0n) is 13.0. The first-order valence-corrected chi connectivity index (χ1v) is 7.78. The number of hydrogen-bond donors (Lipinski definition) is 1. The Morgan fingerprint density at radius 2 is 1.96 bits per heavy atom. The van der Waals surface area contributed by atoms with Gasteiger partial charge in [0.05, 0.1) is 6.54 Å². The lowest BCUT2D eigenvalue weighted by Gasteiger charge is -2.16. The van der Waals surface area contributed by atoms with Crippen molar-refractivity contribution in [2.24, 2.45) is 0 Å². The van der Waals surface area contributed by atoms with Gasteiger partial charge in [-0.15, -0.1) is 0 Å². The molecule has 0 aromatic heterocycles. The minimum absolute atomic E-state index is 0.000844. The van der Waals surface area contributed by atoms with E-state index in [2.05, 4.69) is 12.1 Å². The first kappa shape index (κ1) is 17.3. The third-order valence-electron chi connectivity index (χ3n) is 3.40. The van der Waals surface area contributed by atoms with E-state index in [-0.39, 0.29) is 6.54 Å². The summed E-state index contributed by atoms with van der Waals surface area (Å²) >= 11 is 6.10. The molecule has 0 aliphatic carbocycles. The Morgan fingerprint density at radius 3 is 2.65 bits per heavy atom. The monoisotopic (exact) mass is 333 g/mol. The topological polar surface area (TPSA) is 49.8 Å². The lowest BCUT2D eigenvalue weighted by Crippen LogP contribution is -2.29. The Kier molecular flexibility index (Phi) is 6.44. The summed E-state index contributed by atoms with van der Waals surface area (Å²) in [6, 6.07) is 15.7. The van der Waals surface area contributed by atoms with Crippen LogP contribution in [0.15, 0.2) is 48.5 Å². The number of benzene rings is 2. The van der Waals surface area contributed by atoms with Crippen LogP contribution >= 0.6 is 11.6 Å². The van der Waals surface area contributed by atoms with E-state index in [1.165, 1.54) is 5.56 Å². The van der Waals surface area contributed by atoms with Gasteiger partial charge >= 0.3 is 5.97 Å². The van der Waals surface area contributed by atoms with Gasteiger partial charge in [0.15, 0.2) is 0 Å². The van der Waals surface area contributed by atoms with E-state index in [1.807, 2.05) is 30.3 Å². The molecule has 0 radical (unpaired) electrons. The molecule has 5 heteroatoms. The molecule has 4 nitrogen and oxygen atoms in total. The van der Waals surface area contributed by atoms with E-state index >= 15 is 0 Å². The molecule has 0 fully saturated rings. The Hall–Kier alpha value is -2.04. The number of carboxylic acids is 1. The average molecular weight is 334 g/mol. The smallest absolute Gasteiger partial charge is 0.317 e. The zero-order valence-corrected chi connectivity index (χ0v) is 13.8. The Morgan fingerprint density at radius 1 is 1.22 bits per heavy atom. The number of rotatable bonds is 8. The van der Waals surface area contributed by atoms with E-state index in [1.54, 1.807) is 18.0 Å². The molecule has 0 bridgehead atoms. The van der Waals surface area contributed by atoms with Crippen molar-refractivity contribution in [1.82, 2.24) is 4.90 Å². The summed E-state index contributed by atoms with van der Waals surface area (Å²) in [6.07, 6.45) is 0.738. The van der Waals surface area contributed by atoms with Gasteiger partial charge in [-0.1, -0.05) is 41.9 Å². The molecular formula is C18H20ClNO3. The van der Waals surface area contributed by atoms with Crippen molar-refractivity contribution in [1.29, 1.82) is 0 Å². The SMILES string of the molecule is CN(CCOc1ccc(Cl)cc1Cc1ccccc1)CC(=O)O. The van der Waals surface area contributed by atoms with Crippen LogP contribution in [0.25, 0.3) is 0 Å². The number of nitrogens with zero attached hydrogens (tertiary/aromatic N) is 1. The number of ether oxygens (including phenoxy) is 1. The van der Waals surface area contributed by atoms with E-state index in [0.717, 1.165) is 17.7 Å². The third kappa shape index (κ3) is 5.93. The minimum atomic E-state index is -0.844. The summed E-state index contributed by atoms with van der Waals surface area (Å²) in [5.41, 5.74) is 2.20. The van der Waals surface area contributed by atoms with Crippen LogP contribution in [0, 0.1) is 0 Å². The number of likely N-dealkylation sites (N-methyl/N-ethyl adjacent to an activating group) is 1. The van der Waals surface area contributed by atoms with Gasteiger partial charge in [0, 0.05) is 18.0 Å². The molecule has 0 unspecified atom stereocenters. The van der Waals surface area contributed by atoms with E-state index in [0.29, 0.717) is 18.2 Å². The summed E-state index contributed by atoms with van der Waals surface area (Å²) in [6.45, 7) is 0.966.